The number of benzene rings is 2. The van der Waals surface area contributed by atoms with Crippen LogP contribution in [0.3, 0.4) is 0 Å². The molecule has 0 fully saturated rings. The molecule has 0 radical (unpaired) electrons. The Balaban J connectivity index is 1.82. The van der Waals surface area contributed by atoms with Gasteiger partial charge in [0, 0.05) is 18.1 Å². The van der Waals surface area contributed by atoms with Crippen molar-refractivity contribution in [3.63, 3.8) is 0 Å². The molecule has 2 rings (SSSR count). The molecule has 22 heavy (non-hydrogen) atoms. The molecule has 4 heteroatoms. The molecule has 3 nitrogen and oxygen atoms in total. The van der Waals surface area contributed by atoms with Crippen LogP contribution >= 0.6 is 11.6 Å². The molecular weight excluding hydrogens is 296 g/mol. The molecule has 2 aromatic rings. The van der Waals surface area contributed by atoms with E-state index < -0.39 is 0 Å². The summed E-state index contributed by atoms with van der Waals surface area (Å²) in [5.41, 5.74) is 3.36. The minimum atomic E-state index is 0.0119. The fraction of sp³-hybridized carbons (Fsp3) is 0.278. The maximum atomic E-state index is 12.0. The van der Waals surface area contributed by atoms with Crippen molar-refractivity contribution in [3.05, 3.63) is 70.2 Å². The first-order valence-electron chi connectivity index (χ1n) is 7.29. The first-order valence-corrected chi connectivity index (χ1v) is 7.67. The first kappa shape index (κ1) is 16.5. The van der Waals surface area contributed by atoms with E-state index in [1.807, 2.05) is 67.4 Å². The SMILES string of the molecule is Cc1ccccc1CNC(=O)CN(C)Cc1ccccc1Cl. The molecule has 0 heterocycles. The summed E-state index contributed by atoms with van der Waals surface area (Å²) < 4.78 is 0. The molecule has 0 aromatic heterocycles. The molecule has 1 amide bonds. The van der Waals surface area contributed by atoms with Gasteiger partial charge < -0.3 is 5.32 Å². The summed E-state index contributed by atoms with van der Waals surface area (Å²) in [5, 5.41) is 3.69. The van der Waals surface area contributed by atoms with Crippen molar-refractivity contribution in [3.8, 4) is 0 Å². The van der Waals surface area contributed by atoms with Gasteiger partial charge in [-0.3, -0.25) is 9.69 Å². The van der Waals surface area contributed by atoms with Gasteiger partial charge in [-0.2, -0.15) is 0 Å². The lowest BCUT2D eigenvalue weighted by molar-refractivity contribution is -0.122. The molecule has 0 aliphatic rings. The van der Waals surface area contributed by atoms with Crippen molar-refractivity contribution in [1.82, 2.24) is 10.2 Å². The summed E-state index contributed by atoms with van der Waals surface area (Å²) in [4.78, 5) is 14.0. The van der Waals surface area contributed by atoms with Crippen LogP contribution < -0.4 is 5.32 Å². The molecule has 0 bridgehead atoms. The fourth-order valence-electron chi connectivity index (χ4n) is 2.28. The van der Waals surface area contributed by atoms with Gasteiger partial charge in [-0.1, -0.05) is 54.1 Å². The lowest BCUT2D eigenvalue weighted by atomic mass is 10.1. The lowest BCUT2D eigenvalue weighted by Crippen LogP contribution is -2.34. The van der Waals surface area contributed by atoms with E-state index in [-0.39, 0.29) is 5.91 Å². The van der Waals surface area contributed by atoms with Gasteiger partial charge in [-0.05, 0) is 36.7 Å². The number of nitrogens with one attached hydrogen (secondary N) is 1. The molecule has 1 N–H and O–H groups in total. The van der Waals surface area contributed by atoms with E-state index in [0.717, 1.165) is 16.1 Å². The summed E-state index contributed by atoms with van der Waals surface area (Å²) in [6.45, 7) is 3.60. The Morgan fingerprint density at radius 1 is 1.09 bits per heavy atom. The molecule has 0 aliphatic carbocycles. The molecule has 2 aromatic carbocycles. The van der Waals surface area contributed by atoms with Gasteiger partial charge in [-0.15, -0.1) is 0 Å². The number of carbonyl (C=O) groups excluding carboxylic acids is 1. The Morgan fingerprint density at radius 2 is 1.73 bits per heavy atom. The maximum absolute atomic E-state index is 12.0. The molecule has 0 aliphatic heterocycles. The van der Waals surface area contributed by atoms with Crippen LogP contribution in [0.5, 0.6) is 0 Å². The Labute approximate surface area is 136 Å². The minimum absolute atomic E-state index is 0.0119. The summed E-state index contributed by atoms with van der Waals surface area (Å²) >= 11 is 6.14. The second kappa shape index (κ2) is 7.97. The van der Waals surface area contributed by atoms with Crippen LogP contribution in [0.25, 0.3) is 0 Å². The molecular formula is C18H21ClN2O. The number of carbonyl (C=O) groups is 1. The first-order chi connectivity index (χ1) is 10.6. The Morgan fingerprint density at radius 3 is 2.41 bits per heavy atom. The number of likely N-dealkylation sites (N-methyl/N-ethyl adjacent to an activating group) is 1. The third-order valence-electron chi connectivity index (χ3n) is 3.55. The number of halogens is 1. The van der Waals surface area contributed by atoms with Crippen LogP contribution in [-0.4, -0.2) is 24.4 Å². The smallest absolute Gasteiger partial charge is 0.234 e. The number of nitrogens with zero attached hydrogens (tertiary/aromatic N) is 1. The quantitative estimate of drug-likeness (QED) is 0.886. The van der Waals surface area contributed by atoms with Crippen LogP contribution in [-0.2, 0) is 17.9 Å². The van der Waals surface area contributed by atoms with Crippen molar-refractivity contribution >= 4 is 17.5 Å². The van der Waals surface area contributed by atoms with Crippen molar-refractivity contribution in [2.45, 2.75) is 20.0 Å². The predicted octanol–water partition coefficient (Wildman–Crippen LogP) is 3.40. The third kappa shape index (κ3) is 4.86. The van der Waals surface area contributed by atoms with Crippen LogP contribution in [0.4, 0.5) is 0 Å². The topological polar surface area (TPSA) is 32.3 Å². The molecule has 0 unspecified atom stereocenters. The predicted molar refractivity (Wildman–Crippen MR) is 90.8 cm³/mol. The largest absolute Gasteiger partial charge is 0.351 e. The number of aryl methyl sites for hydroxylation is 1. The minimum Gasteiger partial charge on any atom is -0.351 e. The average Bonchev–Trinajstić information content (AvgIpc) is 2.49. The average molecular weight is 317 g/mol. The highest BCUT2D eigenvalue weighted by atomic mass is 35.5. The van der Waals surface area contributed by atoms with Gasteiger partial charge in [0.05, 0.1) is 6.54 Å². The van der Waals surface area contributed by atoms with E-state index in [2.05, 4.69) is 5.32 Å². The second-order valence-electron chi connectivity index (χ2n) is 5.47. The Kier molecular flexibility index (Phi) is 5.99. The number of rotatable bonds is 6. The second-order valence-corrected chi connectivity index (χ2v) is 5.87. The summed E-state index contributed by atoms with van der Waals surface area (Å²) in [5.74, 6) is 0.0119. The van der Waals surface area contributed by atoms with Crippen molar-refractivity contribution in [2.24, 2.45) is 0 Å². The number of hydrogen-bond acceptors (Lipinski definition) is 2. The number of amides is 1. The monoisotopic (exact) mass is 316 g/mol. The molecule has 0 saturated heterocycles. The normalized spacial score (nSPS) is 10.7. The van der Waals surface area contributed by atoms with Gasteiger partial charge in [0.1, 0.15) is 0 Å². The van der Waals surface area contributed by atoms with Gasteiger partial charge in [-0.25, -0.2) is 0 Å². The third-order valence-corrected chi connectivity index (χ3v) is 3.92. The van der Waals surface area contributed by atoms with E-state index in [9.17, 15) is 4.79 Å². The van der Waals surface area contributed by atoms with Gasteiger partial charge in [0.25, 0.3) is 0 Å². The lowest BCUT2D eigenvalue weighted by Gasteiger charge is -2.17. The van der Waals surface area contributed by atoms with E-state index in [4.69, 9.17) is 11.6 Å². The fourth-order valence-corrected chi connectivity index (χ4v) is 2.47. The summed E-state index contributed by atoms with van der Waals surface area (Å²) in [7, 11) is 1.91. The van der Waals surface area contributed by atoms with E-state index in [0.29, 0.717) is 19.6 Å². The zero-order chi connectivity index (χ0) is 15.9. The van der Waals surface area contributed by atoms with E-state index in [1.165, 1.54) is 5.56 Å². The van der Waals surface area contributed by atoms with E-state index in [1.54, 1.807) is 0 Å². The van der Waals surface area contributed by atoms with Gasteiger partial charge >= 0.3 is 0 Å². The van der Waals surface area contributed by atoms with Crippen molar-refractivity contribution < 1.29 is 4.79 Å². The highest BCUT2D eigenvalue weighted by Gasteiger charge is 2.09. The molecule has 116 valence electrons. The highest BCUT2D eigenvalue weighted by Crippen LogP contribution is 2.16. The zero-order valence-electron chi connectivity index (χ0n) is 13.0. The Bertz CT molecular complexity index is 642. The van der Waals surface area contributed by atoms with Crippen LogP contribution in [0, 0.1) is 6.92 Å². The molecule has 0 saturated carbocycles. The van der Waals surface area contributed by atoms with Crippen molar-refractivity contribution in [1.29, 1.82) is 0 Å². The number of hydrogen-bond donors (Lipinski definition) is 1. The van der Waals surface area contributed by atoms with Crippen molar-refractivity contribution in [2.75, 3.05) is 13.6 Å². The summed E-state index contributed by atoms with van der Waals surface area (Å²) in [6, 6.07) is 15.8. The van der Waals surface area contributed by atoms with Crippen LogP contribution in [0.2, 0.25) is 5.02 Å². The van der Waals surface area contributed by atoms with Crippen LogP contribution in [0.1, 0.15) is 16.7 Å². The zero-order valence-corrected chi connectivity index (χ0v) is 13.7. The summed E-state index contributed by atoms with van der Waals surface area (Å²) in [6.07, 6.45) is 0. The molecule has 0 atom stereocenters. The highest BCUT2D eigenvalue weighted by molar-refractivity contribution is 6.31. The standard InChI is InChI=1S/C18H21ClN2O/c1-14-7-3-4-8-15(14)11-20-18(22)13-21(2)12-16-9-5-6-10-17(16)19/h3-10H,11-13H2,1-2H3,(H,20,22). The van der Waals surface area contributed by atoms with Crippen LogP contribution in [0.15, 0.2) is 48.5 Å². The van der Waals surface area contributed by atoms with Gasteiger partial charge in [0.2, 0.25) is 5.91 Å². The Hall–Kier alpha value is -1.84. The molecule has 0 spiro atoms. The van der Waals surface area contributed by atoms with E-state index >= 15 is 0 Å². The maximum Gasteiger partial charge on any atom is 0.234 e. The van der Waals surface area contributed by atoms with Gasteiger partial charge in [0.15, 0.2) is 0 Å².